The first-order valence-electron chi connectivity index (χ1n) is 6.82. The van der Waals surface area contributed by atoms with Crippen molar-refractivity contribution in [1.82, 2.24) is 14.9 Å². The topological polar surface area (TPSA) is 46.9 Å². The SMILES string of the molecule is C=CCNC(=O)CSc1nc2cc(Cl)ccc2n1CCC. The number of hydrogen-bond acceptors (Lipinski definition) is 3. The Morgan fingerprint density at radius 3 is 3.10 bits per heavy atom. The Balaban J connectivity index is 2.19. The summed E-state index contributed by atoms with van der Waals surface area (Å²) < 4.78 is 2.14. The van der Waals surface area contributed by atoms with Gasteiger partial charge in [0.2, 0.25) is 5.91 Å². The highest BCUT2D eigenvalue weighted by atomic mass is 35.5. The molecule has 0 radical (unpaired) electrons. The summed E-state index contributed by atoms with van der Waals surface area (Å²) in [6.07, 6.45) is 2.67. The minimum atomic E-state index is -0.0203. The van der Waals surface area contributed by atoms with Crippen molar-refractivity contribution in [1.29, 1.82) is 0 Å². The number of benzene rings is 1. The predicted octanol–water partition coefficient (Wildman–Crippen LogP) is 3.49. The van der Waals surface area contributed by atoms with Gasteiger partial charge in [-0.25, -0.2) is 4.98 Å². The molecule has 112 valence electrons. The number of fused-ring (bicyclic) bond motifs is 1. The second-order valence-corrected chi connectivity index (χ2v) is 5.94. The maximum Gasteiger partial charge on any atom is 0.230 e. The quantitative estimate of drug-likeness (QED) is 0.626. The van der Waals surface area contributed by atoms with Crippen molar-refractivity contribution >= 4 is 40.3 Å². The summed E-state index contributed by atoms with van der Waals surface area (Å²) >= 11 is 7.45. The molecular formula is C15H18ClN3OS. The molecule has 1 N–H and O–H groups in total. The third kappa shape index (κ3) is 4.02. The molecule has 21 heavy (non-hydrogen) atoms. The molecular weight excluding hydrogens is 306 g/mol. The van der Waals surface area contributed by atoms with Gasteiger partial charge in [-0.3, -0.25) is 4.79 Å². The molecule has 0 aliphatic rings. The van der Waals surface area contributed by atoms with E-state index in [0.29, 0.717) is 17.3 Å². The van der Waals surface area contributed by atoms with E-state index >= 15 is 0 Å². The van der Waals surface area contributed by atoms with Crippen LogP contribution in [0.25, 0.3) is 11.0 Å². The van der Waals surface area contributed by atoms with Crippen LogP contribution in [0.3, 0.4) is 0 Å². The number of nitrogens with zero attached hydrogens (tertiary/aromatic N) is 2. The molecule has 0 bridgehead atoms. The lowest BCUT2D eigenvalue weighted by Gasteiger charge is -2.07. The summed E-state index contributed by atoms with van der Waals surface area (Å²) in [5.74, 6) is 0.322. The number of carbonyl (C=O) groups excluding carboxylic acids is 1. The molecule has 2 rings (SSSR count). The zero-order valence-corrected chi connectivity index (χ0v) is 13.5. The van der Waals surface area contributed by atoms with E-state index in [2.05, 4.69) is 28.4 Å². The van der Waals surface area contributed by atoms with Gasteiger partial charge in [-0.1, -0.05) is 36.4 Å². The van der Waals surface area contributed by atoms with Crippen LogP contribution in [-0.2, 0) is 11.3 Å². The Hall–Kier alpha value is -1.46. The molecule has 0 atom stereocenters. The van der Waals surface area contributed by atoms with Crippen LogP contribution in [0.1, 0.15) is 13.3 Å². The molecule has 0 saturated carbocycles. The van der Waals surface area contributed by atoms with Crippen molar-refractivity contribution in [2.45, 2.75) is 25.0 Å². The van der Waals surface area contributed by atoms with E-state index in [0.717, 1.165) is 29.2 Å². The Bertz CT molecular complexity index is 654. The van der Waals surface area contributed by atoms with Gasteiger partial charge in [-0.05, 0) is 24.6 Å². The lowest BCUT2D eigenvalue weighted by Crippen LogP contribution is -2.25. The largest absolute Gasteiger partial charge is 0.352 e. The monoisotopic (exact) mass is 323 g/mol. The van der Waals surface area contributed by atoms with Gasteiger partial charge in [-0.15, -0.1) is 6.58 Å². The van der Waals surface area contributed by atoms with Gasteiger partial charge >= 0.3 is 0 Å². The fraction of sp³-hybridized carbons (Fsp3) is 0.333. The fourth-order valence-electron chi connectivity index (χ4n) is 2.00. The zero-order chi connectivity index (χ0) is 15.2. The Morgan fingerprint density at radius 1 is 1.57 bits per heavy atom. The molecule has 1 aromatic heterocycles. The van der Waals surface area contributed by atoms with Crippen molar-refractivity contribution in [2.24, 2.45) is 0 Å². The average Bonchev–Trinajstić information content (AvgIpc) is 2.80. The highest BCUT2D eigenvalue weighted by Crippen LogP contribution is 2.26. The number of rotatable bonds is 7. The normalized spacial score (nSPS) is 10.8. The molecule has 0 aliphatic heterocycles. The second-order valence-electron chi connectivity index (χ2n) is 4.56. The molecule has 1 amide bonds. The van der Waals surface area contributed by atoms with Crippen molar-refractivity contribution in [2.75, 3.05) is 12.3 Å². The molecule has 0 fully saturated rings. The Morgan fingerprint density at radius 2 is 2.38 bits per heavy atom. The first-order valence-corrected chi connectivity index (χ1v) is 8.18. The Kier molecular flexibility index (Phi) is 5.70. The van der Waals surface area contributed by atoms with E-state index in [9.17, 15) is 4.79 Å². The fourth-order valence-corrected chi connectivity index (χ4v) is 3.03. The second kappa shape index (κ2) is 7.52. The number of hydrogen-bond donors (Lipinski definition) is 1. The number of amides is 1. The molecule has 1 aromatic carbocycles. The van der Waals surface area contributed by atoms with Gasteiger partial charge in [0, 0.05) is 18.1 Å². The van der Waals surface area contributed by atoms with Crippen molar-refractivity contribution in [3.8, 4) is 0 Å². The maximum absolute atomic E-state index is 11.7. The summed E-state index contributed by atoms with van der Waals surface area (Å²) in [6, 6.07) is 5.69. The Labute approximate surface area is 133 Å². The van der Waals surface area contributed by atoms with Gasteiger partial charge in [0.1, 0.15) is 0 Å². The average molecular weight is 324 g/mol. The smallest absolute Gasteiger partial charge is 0.230 e. The molecule has 0 aliphatic carbocycles. The van der Waals surface area contributed by atoms with E-state index in [4.69, 9.17) is 11.6 Å². The molecule has 1 heterocycles. The highest BCUT2D eigenvalue weighted by Gasteiger charge is 2.12. The first-order chi connectivity index (χ1) is 10.2. The van der Waals surface area contributed by atoms with E-state index < -0.39 is 0 Å². The lowest BCUT2D eigenvalue weighted by molar-refractivity contribution is -0.118. The number of aromatic nitrogens is 2. The van der Waals surface area contributed by atoms with E-state index in [1.54, 1.807) is 6.08 Å². The van der Waals surface area contributed by atoms with Crippen LogP contribution in [0.15, 0.2) is 36.0 Å². The number of carbonyl (C=O) groups is 1. The number of thioether (sulfide) groups is 1. The number of imidazole rings is 1. The summed E-state index contributed by atoms with van der Waals surface area (Å²) in [7, 11) is 0. The number of halogens is 1. The third-order valence-corrected chi connectivity index (χ3v) is 4.11. The van der Waals surface area contributed by atoms with Gasteiger partial charge < -0.3 is 9.88 Å². The minimum Gasteiger partial charge on any atom is -0.352 e. The standard InChI is InChI=1S/C15H18ClN3OS/c1-3-7-17-14(20)10-21-15-18-12-9-11(16)5-6-13(12)19(15)8-4-2/h3,5-6,9H,1,4,7-8,10H2,2H3,(H,17,20). The third-order valence-electron chi connectivity index (χ3n) is 2.90. The summed E-state index contributed by atoms with van der Waals surface area (Å²) in [5.41, 5.74) is 1.92. The van der Waals surface area contributed by atoms with Crippen LogP contribution in [-0.4, -0.2) is 27.8 Å². The van der Waals surface area contributed by atoms with Crippen molar-refractivity contribution in [3.63, 3.8) is 0 Å². The van der Waals surface area contributed by atoms with Gasteiger partial charge in [0.15, 0.2) is 5.16 Å². The predicted molar refractivity (Wildman–Crippen MR) is 89.0 cm³/mol. The van der Waals surface area contributed by atoms with E-state index in [1.807, 2.05) is 18.2 Å². The van der Waals surface area contributed by atoms with Crippen molar-refractivity contribution in [3.05, 3.63) is 35.9 Å². The van der Waals surface area contributed by atoms with E-state index in [-0.39, 0.29) is 5.91 Å². The summed E-state index contributed by atoms with van der Waals surface area (Å²) in [4.78, 5) is 16.3. The summed E-state index contributed by atoms with van der Waals surface area (Å²) in [6.45, 7) is 7.05. The van der Waals surface area contributed by atoms with Crippen LogP contribution in [0.5, 0.6) is 0 Å². The lowest BCUT2D eigenvalue weighted by atomic mass is 10.3. The van der Waals surface area contributed by atoms with Crippen molar-refractivity contribution < 1.29 is 4.79 Å². The minimum absolute atomic E-state index is 0.0203. The molecule has 0 unspecified atom stereocenters. The van der Waals surface area contributed by atoms with Crippen LogP contribution in [0, 0.1) is 0 Å². The van der Waals surface area contributed by atoms with Gasteiger partial charge in [0.05, 0.1) is 16.8 Å². The molecule has 4 nitrogen and oxygen atoms in total. The van der Waals surface area contributed by atoms with Crippen LogP contribution < -0.4 is 5.32 Å². The maximum atomic E-state index is 11.7. The van der Waals surface area contributed by atoms with Gasteiger partial charge in [0.25, 0.3) is 0 Å². The number of aryl methyl sites for hydroxylation is 1. The van der Waals surface area contributed by atoms with Crippen LogP contribution in [0.4, 0.5) is 0 Å². The van der Waals surface area contributed by atoms with Crippen LogP contribution in [0.2, 0.25) is 5.02 Å². The highest BCUT2D eigenvalue weighted by molar-refractivity contribution is 7.99. The van der Waals surface area contributed by atoms with Crippen LogP contribution >= 0.6 is 23.4 Å². The van der Waals surface area contributed by atoms with Gasteiger partial charge in [-0.2, -0.15) is 0 Å². The van der Waals surface area contributed by atoms with E-state index in [1.165, 1.54) is 11.8 Å². The number of nitrogens with one attached hydrogen (secondary N) is 1. The molecule has 6 heteroatoms. The molecule has 0 saturated heterocycles. The summed E-state index contributed by atoms with van der Waals surface area (Å²) in [5, 5.41) is 4.28. The zero-order valence-electron chi connectivity index (χ0n) is 11.9. The molecule has 2 aromatic rings. The first kappa shape index (κ1) is 15.9. The molecule has 0 spiro atoms.